The van der Waals surface area contributed by atoms with Crippen molar-refractivity contribution >= 4 is 27.5 Å². The Balaban J connectivity index is 1.84. The number of ether oxygens (including phenoxy) is 2. The third-order valence-electron chi connectivity index (χ3n) is 3.36. The molecule has 0 aliphatic carbocycles. The zero-order chi connectivity index (χ0) is 14.1. The maximum absolute atomic E-state index is 6.15. The minimum atomic E-state index is 0.459. The average molecular weight is 354 g/mol. The van der Waals surface area contributed by atoms with Crippen molar-refractivity contribution in [3.63, 3.8) is 0 Å². The third kappa shape index (κ3) is 2.79. The molecule has 3 rings (SSSR count). The van der Waals surface area contributed by atoms with Crippen molar-refractivity contribution in [1.29, 1.82) is 0 Å². The molecular formula is C16H14BrClO2. The summed E-state index contributed by atoms with van der Waals surface area (Å²) in [5.74, 6) is 1.80. The van der Waals surface area contributed by atoms with E-state index in [2.05, 4.69) is 15.9 Å². The van der Waals surface area contributed by atoms with Gasteiger partial charge in [-0.1, -0.05) is 33.6 Å². The van der Waals surface area contributed by atoms with Crippen LogP contribution in [0.2, 0.25) is 5.02 Å². The molecule has 1 aliphatic rings. The van der Waals surface area contributed by atoms with Crippen molar-refractivity contribution in [1.82, 2.24) is 0 Å². The van der Waals surface area contributed by atoms with Crippen LogP contribution in [0.3, 0.4) is 0 Å². The van der Waals surface area contributed by atoms with Gasteiger partial charge in [-0.3, -0.25) is 0 Å². The predicted molar refractivity (Wildman–Crippen MR) is 83.9 cm³/mol. The molecule has 0 spiro atoms. The Morgan fingerprint density at radius 3 is 3.00 bits per heavy atom. The molecule has 4 heteroatoms. The Kier molecular flexibility index (Phi) is 3.90. The van der Waals surface area contributed by atoms with E-state index in [-0.39, 0.29) is 0 Å². The molecule has 104 valence electrons. The normalized spacial score (nSPS) is 12.9. The maximum atomic E-state index is 6.15. The summed E-state index contributed by atoms with van der Waals surface area (Å²) >= 11 is 9.61. The summed E-state index contributed by atoms with van der Waals surface area (Å²) in [6, 6.07) is 9.89. The van der Waals surface area contributed by atoms with E-state index < -0.39 is 0 Å². The average Bonchev–Trinajstić information content (AvgIpc) is 2.87. The van der Waals surface area contributed by atoms with E-state index in [1.54, 1.807) is 0 Å². The van der Waals surface area contributed by atoms with Crippen molar-refractivity contribution in [2.45, 2.75) is 20.0 Å². The number of hydrogen-bond acceptors (Lipinski definition) is 2. The van der Waals surface area contributed by atoms with Crippen molar-refractivity contribution < 1.29 is 9.47 Å². The van der Waals surface area contributed by atoms with Gasteiger partial charge in [0.2, 0.25) is 0 Å². The van der Waals surface area contributed by atoms with Crippen LogP contribution in [0.4, 0.5) is 0 Å². The fourth-order valence-electron chi connectivity index (χ4n) is 2.34. The van der Waals surface area contributed by atoms with Gasteiger partial charge in [-0.15, -0.1) is 0 Å². The molecule has 0 unspecified atom stereocenters. The number of rotatable bonds is 3. The van der Waals surface area contributed by atoms with Crippen LogP contribution in [0.25, 0.3) is 0 Å². The quantitative estimate of drug-likeness (QED) is 0.779. The highest BCUT2D eigenvalue weighted by atomic mass is 79.9. The van der Waals surface area contributed by atoms with E-state index in [1.807, 2.05) is 37.3 Å². The summed E-state index contributed by atoms with van der Waals surface area (Å²) in [4.78, 5) is 0. The Bertz CT molecular complexity index is 655. The van der Waals surface area contributed by atoms with Crippen LogP contribution in [-0.4, -0.2) is 6.61 Å². The van der Waals surface area contributed by atoms with Gasteiger partial charge in [0.05, 0.1) is 6.61 Å². The van der Waals surface area contributed by atoms with Crippen LogP contribution in [-0.2, 0) is 13.0 Å². The smallest absolute Gasteiger partial charge is 0.129 e. The first kappa shape index (κ1) is 13.8. The number of benzene rings is 2. The largest absolute Gasteiger partial charge is 0.493 e. The second-order valence-corrected chi connectivity index (χ2v) is 6.20. The molecule has 0 radical (unpaired) electrons. The number of fused-ring (bicyclic) bond motifs is 1. The highest BCUT2D eigenvalue weighted by molar-refractivity contribution is 9.10. The van der Waals surface area contributed by atoms with Gasteiger partial charge in [-0.05, 0) is 42.3 Å². The van der Waals surface area contributed by atoms with Gasteiger partial charge in [0, 0.05) is 21.5 Å². The van der Waals surface area contributed by atoms with E-state index in [4.69, 9.17) is 21.1 Å². The van der Waals surface area contributed by atoms with Gasteiger partial charge < -0.3 is 9.47 Å². The van der Waals surface area contributed by atoms with Crippen LogP contribution in [0.1, 0.15) is 16.7 Å². The molecule has 2 nitrogen and oxygen atoms in total. The topological polar surface area (TPSA) is 18.5 Å². The van der Waals surface area contributed by atoms with E-state index in [9.17, 15) is 0 Å². The Labute approximate surface area is 131 Å². The molecule has 20 heavy (non-hydrogen) atoms. The molecule has 2 aromatic carbocycles. The van der Waals surface area contributed by atoms with Crippen LogP contribution in [0.15, 0.2) is 34.8 Å². The monoisotopic (exact) mass is 352 g/mol. The second-order valence-electron chi connectivity index (χ2n) is 4.85. The molecule has 2 aromatic rings. The molecular weight excluding hydrogens is 340 g/mol. The van der Waals surface area contributed by atoms with Gasteiger partial charge in [0.1, 0.15) is 18.1 Å². The molecule has 0 aromatic heterocycles. The first-order chi connectivity index (χ1) is 9.63. The van der Waals surface area contributed by atoms with E-state index in [0.717, 1.165) is 45.1 Å². The first-order valence-electron chi connectivity index (χ1n) is 6.46. The lowest BCUT2D eigenvalue weighted by Crippen LogP contribution is -2.00. The Morgan fingerprint density at radius 1 is 1.30 bits per heavy atom. The highest BCUT2D eigenvalue weighted by Crippen LogP contribution is 2.34. The van der Waals surface area contributed by atoms with Crippen molar-refractivity contribution in [2.75, 3.05) is 6.61 Å². The van der Waals surface area contributed by atoms with Crippen LogP contribution in [0, 0.1) is 6.92 Å². The van der Waals surface area contributed by atoms with Gasteiger partial charge >= 0.3 is 0 Å². The molecule has 0 saturated heterocycles. The highest BCUT2D eigenvalue weighted by Gasteiger charge is 2.18. The van der Waals surface area contributed by atoms with Gasteiger partial charge in [-0.2, -0.15) is 0 Å². The molecule has 0 atom stereocenters. The van der Waals surface area contributed by atoms with Gasteiger partial charge in [0.25, 0.3) is 0 Å². The molecule has 1 aliphatic heterocycles. The zero-order valence-electron chi connectivity index (χ0n) is 11.1. The summed E-state index contributed by atoms with van der Waals surface area (Å²) < 4.78 is 12.6. The number of hydrogen-bond donors (Lipinski definition) is 0. The van der Waals surface area contributed by atoms with Crippen molar-refractivity contribution in [2.24, 2.45) is 0 Å². The lowest BCUT2D eigenvalue weighted by molar-refractivity contribution is 0.290. The van der Waals surface area contributed by atoms with Crippen LogP contribution < -0.4 is 9.47 Å². The minimum absolute atomic E-state index is 0.459. The maximum Gasteiger partial charge on any atom is 0.129 e. The van der Waals surface area contributed by atoms with Gasteiger partial charge in [-0.25, -0.2) is 0 Å². The van der Waals surface area contributed by atoms with E-state index in [1.165, 1.54) is 5.56 Å². The Morgan fingerprint density at radius 2 is 2.15 bits per heavy atom. The summed E-state index contributed by atoms with van der Waals surface area (Å²) in [5.41, 5.74) is 3.28. The van der Waals surface area contributed by atoms with Crippen molar-refractivity contribution in [3.8, 4) is 11.5 Å². The second kappa shape index (κ2) is 5.66. The molecule has 0 bridgehead atoms. The molecule has 0 fully saturated rings. The van der Waals surface area contributed by atoms with Crippen LogP contribution in [0.5, 0.6) is 11.5 Å². The summed E-state index contributed by atoms with van der Waals surface area (Å²) in [5, 5.41) is 0.735. The molecule has 0 amide bonds. The minimum Gasteiger partial charge on any atom is -0.493 e. The lowest BCUT2D eigenvalue weighted by Gasteiger charge is -2.12. The third-order valence-corrected chi connectivity index (χ3v) is 4.07. The molecule has 0 saturated carbocycles. The van der Waals surface area contributed by atoms with Crippen molar-refractivity contribution in [3.05, 3.63) is 56.5 Å². The number of halogens is 2. The SMILES string of the molecule is Cc1ccc(Br)cc1OCc1cc(Cl)cc2c1OCC2. The van der Waals surface area contributed by atoms with E-state index in [0.29, 0.717) is 6.61 Å². The zero-order valence-corrected chi connectivity index (χ0v) is 13.4. The number of aryl methyl sites for hydroxylation is 1. The molecule has 1 heterocycles. The summed E-state index contributed by atoms with van der Waals surface area (Å²) in [7, 11) is 0. The summed E-state index contributed by atoms with van der Waals surface area (Å²) in [6.07, 6.45) is 0.915. The van der Waals surface area contributed by atoms with Crippen LogP contribution >= 0.6 is 27.5 Å². The fourth-order valence-corrected chi connectivity index (χ4v) is 2.94. The van der Waals surface area contributed by atoms with E-state index >= 15 is 0 Å². The standard InChI is InChI=1S/C16H14BrClO2/c1-10-2-3-13(17)8-15(10)20-9-12-7-14(18)6-11-4-5-19-16(11)12/h2-3,6-8H,4-5,9H2,1H3. The molecule has 0 N–H and O–H groups in total. The Hall–Kier alpha value is -1.19. The fraction of sp³-hybridized carbons (Fsp3) is 0.250. The first-order valence-corrected chi connectivity index (χ1v) is 7.63. The lowest BCUT2D eigenvalue weighted by atomic mass is 10.1. The predicted octanol–water partition coefficient (Wildman–Crippen LogP) is 4.92. The summed E-state index contributed by atoms with van der Waals surface area (Å²) in [6.45, 7) is 3.21. The van der Waals surface area contributed by atoms with Gasteiger partial charge in [0.15, 0.2) is 0 Å².